The molecule has 0 aliphatic heterocycles. The summed E-state index contributed by atoms with van der Waals surface area (Å²) in [6, 6.07) is 32.3. The van der Waals surface area contributed by atoms with E-state index in [2.05, 4.69) is 36.6 Å². The third kappa shape index (κ3) is 8.35. The van der Waals surface area contributed by atoms with E-state index in [1.807, 2.05) is 74.5 Å². The maximum absolute atomic E-state index is 13.5. The summed E-state index contributed by atoms with van der Waals surface area (Å²) in [7, 11) is -7.40. The van der Waals surface area contributed by atoms with E-state index in [0.29, 0.717) is 35.0 Å². The van der Waals surface area contributed by atoms with E-state index in [9.17, 15) is 16.8 Å². The molecule has 0 fully saturated rings. The summed E-state index contributed by atoms with van der Waals surface area (Å²) in [5.74, 6) is 0.420. The Labute approximate surface area is 331 Å². The molecule has 0 bridgehead atoms. The van der Waals surface area contributed by atoms with E-state index in [-0.39, 0.29) is 9.79 Å². The van der Waals surface area contributed by atoms with Gasteiger partial charge in [0.2, 0.25) is 5.82 Å². The van der Waals surface area contributed by atoms with Crippen LogP contribution < -0.4 is 8.61 Å². The minimum absolute atomic E-state index is 0.208. The Bertz CT molecular complexity index is 2570. The highest BCUT2D eigenvalue weighted by atomic mass is 79.9. The Morgan fingerprint density at radius 3 is 1.94 bits per heavy atom. The van der Waals surface area contributed by atoms with E-state index >= 15 is 0 Å². The molecule has 3 heterocycles. The number of nitrogens with one attached hydrogen (secondary N) is 1. The summed E-state index contributed by atoms with van der Waals surface area (Å²) in [4.78, 5) is 0.435. The molecule has 0 spiro atoms. The monoisotopic (exact) mass is 861 g/mol. The Hall–Kier alpha value is -4.66. The van der Waals surface area contributed by atoms with Gasteiger partial charge >= 0.3 is 0 Å². The molecule has 0 aliphatic rings. The summed E-state index contributed by atoms with van der Waals surface area (Å²) < 4.78 is 59.3. The van der Waals surface area contributed by atoms with Gasteiger partial charge in [0.05, 0.1) is 25.9 Å². The Kier molecular flexibility index (Phi) is 12.4. The van der Waals surface area contributed by atoms with Crippen molar-refractivity contribution in [1.82, 2.24) is 20.6 Å². The summed E-state index contributed by atoms with van der Waals surface area (Å²) in [5, 5.41) is 26.2. The minimum Gasteiger partial charge on any atom is -0.257 e. The Morgan fingerprint density at radius 2 is 1.35 bits per heavy atom. The topological polar surface area (TPSA) is 153 Å². The van der Waals surface area contributed by atoms with Crippen LogP contribution in [0.2, 0.25) is 0 Å². The molecule has 0 unspecified atom stereocenters. The summed E-state index contributed by atoms with van der Waals surface area (Å²) in [5.41, 5.74) is 1.14. The highest BCUT2D eigenvalue weighted by Gasteiger charge is 2.29. The number of anilines is 2. The number of aromatic amines is 1. The molecular formula is C38H36BrN7O4S4. The molecule has 4 aromatic carbocycles. The maximum atomic E-state index is 13.5. The predicted molar refractivity (Wildman–Crippen MR) is 221 cm³/mol. The SMILES string of the molecule is CCCCN(c1cc2ccccc2s1)S(=O)(=O)c1ccc(C#N)cc1.CCCCN(c1sc2ccccc2c1Br)S(=O)(=O)c1ccc(-c2nn[nH]n2)cc1. The second-order valence-electron chi connectivity index (χ2n) is 12.1. The van der Waals surface area contributed by atoms with E-state index in [0.717, 1.165) is 55.3 Å². The summed E-state index contributed by atoms with van der Waals surface area (Å²) in [6.07, 6.45) is 3.35. The first-order chi connectivity index (χ1) is 26.1. The molecule has 1 N–H and O–H groups in total. The molecule has 0 aliphatic carbocycles. The fourth-order valence-corrected chi connectivity index (χ4v) is 12.2. The lowest BCUT2D eigenvalue weighted by Crippen LogP contribution is -2.31. The van der Waals surface area contributed by atoms with Crippen LogP contribution in [0.15, 0.2) is 117 Å². The number of nitriles is 1. The van der Waals surface area contributed by atoms with Gasteiger partial charge in [0.25, 0.3) is 20.0 Å². The lowest BCUT2D eigenvalue weighted by atomic mass is 10.2. The van der Waals surface area contributed by atoms with Crippen molar-refractivity contribution in [2.75, 3.05) is 21.7 Å². The number of fused-ring (bicyclic) bond motifs is 2. The zero-order valence-corrected chi connectivity index (χ0v) is 34.2. The Balaban J connectivity index is 0.000000186. The summed E-state index contributed by atoms with van der Waals surface area (Å²) >= 11 is 6.58. The van der Waals surface area contributed by atoms with E-state index in [4.69, 9.17) is 5.26 Å². The van der Waals surface area contributed by atoms with Gasteiger partial charge < -0.3 is 0 Å². The number of thiophene rings is 2. The largest absolute Gasteiger partial charge is 0.264 e. The fourth-order valence-electron chi connectivity index (χ4n) is 5.55. The van der Waals surface area contributed by atoms with E-state index in [1.54, 1.807) is 24.3 Å². The quantitative estimate of drug-likeness (QED) is 0.120. The van der Waals surface area contributed by atoms with Crippen LogP contribution in [0.1, 0.15) is 45.1 Å². The molecule has 54 heavy (non-hydrogen) atoms. The molecule has 7 rings (SSSR count). The van der Waals surface area contributed by atoms with Crippen molar-refractivity contribution >= 4 is 88.8 Å². The van der Waals surface area contributed by atoms with Crippen LogP contribution in [0.4, 0.5) is 10.0 Å². The molecule has 11 nitrogen and oxygen atoms in total. The van der Waals surface area contributed by atoms with Gasteiger partial charge in [-0.15, -0.1) is 32.9 Å². The van der Waals surface area contributed by atoms with Crippen LogP contribution in [0.5, 0.6) is 0 Å². The average molecular weight is 863 g/mol. The number of nitrogens with zero attached hydrogens (tertiary/aromatic N) is 6. The number of benzene rings is 4. The molecule has 0 saturated carbocycles. The van der Waals surface area contributed by atoms with Gasteiger partial charge in [-0.25, -0.2) is 16.8 Å². The number of sulfonamides is 2. The smallest absolute Gasteiger partial charge is 0.257 e. The van der Waals surface area contributed by atoms with Crippen LogP contribution in [0.25, 0.3) is 31.6 Å². The third-order valence-corrected chi connectivity index (χ3v) is 15.7. The normalized spacial score (nSPS) is 11.6. The summed E-state index contributed by atoms with van der Waals surface area (Å²) in [6.45, 7) is 4.93. The van der Waals surface area contributed by atoms with Gasteiger partial charge in [-0.3, -0.25) is 8.61 Å². The molecule has 0 amide bonds. The van der Waals surface area contributed by atoms with Crippen LogP contribution in [0, 0.1) is 11.3 Å². The first kappa shape index (κ1) is 39.0. The standard InChI is InChI=1S/C19H18BrN5O2S2.C19H18N2O2S2/c1-2-3-12-25(19-17(20)15-6-4-5-7-16(15)28-19)29(26,27)14-10-8-13(9-11-14)18-21-23-24-22-18;1-2-3-12-21(19-13-16-6-4-5-7-18(16)24-19)25(22,23)17-10-8-15(14-20)9-11-17/h4-11H,2-3,12H2,1H3,(H,21,22,23,24);4-11,13H,2-3,12H2,1H3. The van der Waals surface area contributed by atoms with Crippen molar-refractivity contribution in [3.63, 3.8) is 0 Å². The lowest BCUT2D eigenvalue weighted by molar-refractivity contribution is 0.587. The van der Waals surface area contributed by atoms with Crippen LogP contribution in [-0.4, -0.2) is 50.5 Å². The van der Waals surface area contributed by atoms with Gasteiger partial charge in [-0.05, 0) is 106 Å². The second kappa shape index (κ2) is 17.2. The van der Waals surface area contributed by atoms with Crippen molar-refractivity contribution in [2.45, 2.75) is 49.3 Å². The molecule has 3 aromatic heterocycles. The van der Waals surface area contributed by atoms with Crippen molar-refractivity contribution in [3.8, 4) is 17.5 Å². The van der Waals surface area contributed by atoms with E-state index < -0.39 is 20.0 Å². The van der Waals surface area contributed by atoms with Crippen molar-refractivity contribution in [3.05, 3.63) is 113 Å². The number of aromatic nitrogens is 4. The van der Waals surface area contributed by atoms with Crippen molar-refractivity contribution in [2.24, 2.45) is 0 Å². The number of halogens is 1. The lowest BCUT2D eigenvalue weighted by Gasteiger charge is -2.23. The van der Waals surface area contributed by atoms with Gasteiger partial charge in [0.15, 0.2) is 0 Å². The van der Waals surface area contributed by atoms with Crippen LogP contribution >= 0.6 is 38.6 Å². The van der Waals surface area contributed by atoms with Crippen LogP contribution in [-0.2, 0) is 20.0 Å². The zero-order valence-electron chi connectivity index (χ0n) is 29.4. The number of unbranched alkanes of at least 4 members (excludes halogenated alkanes) is 2. The predicted octanol–water partition coefficient (Wildman–Crippen LogP) is 9.61. The second-order valence-corrected chi connectivity index (χ2v) is 18.7. The molecule has 278 valence electrons. The highest BCUT2D eigenvalue weighted by Crippen LogP contribution is 2.44. The maximum Gasteiger partial charge on any atom is 0.264 e. The first-order valence-electron chi connectivity index (χ1n) is 17.1. The van der Waals surface area contributed by atoms with Crippen molar-refractivity contribution < 1.29 is 16.8 Å². The number of rotatable bonds is 13. The number of H-pyrrole nitrogens is 1. The van der Waals surface area contributed by atoms with Gasteiger partial charge in [0.1, 0.15) is 10.0 Å². The van der Waals surface area contributed by atoms with Crippen LogP contribution in [0.3, 0.4) is 0 Å². The van der Waals surface area contributed by atoms with Gasteiger partial charge in [-0.2, -0.15) is 10.5 Å². The van der Waals surface area contributed by atoms with Gasteiger partial charge in [0, 0.05) is 33.4 Å². The third-order valence-electron chi connectivity index (χ3n) is 8.45. The van der Waals surface area contributed by atoms with Crippen molar-refractivity contribution in [1.29, 1.82) is 5.26 Å². The number of hydrogen-bond donors (Lipinski definition) is 1. The molecule has 7 aromatic rings. The zero-order chi connectivity index (χ0) is 38.3. The molecule has 0 radical (unpaired) electrons. The number of hydrogen-bond acceptors (Lipinski definition) is 10. The first-order valence-corrected chi connectivity index (χ1v) is 22.4. The van der Waals surface area contributed by atoms with Gasteiger partial charge in [-0.1, -0.05) is 63.1 Å². The molecule has 0 atom stereocenters. The molecule has 16 heteroatoms. The van der Waals surface area contributed by atoms with E-state index in [1.165, 1.54) is 55.5 Å². The average Bonchev–Trinajstić information content (AvgIpc) is 3.95. The molecule has 0 saturated heterocycles. The molecular weight excluding hydrogens is 827 g/mol. The number of tetrazole rings is 1. The Morgan fingerprint density at radius 1 is 0.759 bits per heavy atom. The minimum atomic E-state index is -3.73. The fraction of sp³-hybridized carbons (Fsp3) is 0.211. The highest BCUT2D eigenvalue weighted by molar-refractivity contribution is 9.10.